The molecule has 15 nitrogen and oxygen atoms in total. The number of esters is 1. The van der Waals surface area contributed by atoms with Crippen LogP contribution < -0.4 is 32.3 Å². The Kier molecular flexibility index (Phi) is 16.5. The summed E-state index contributed by atoms with van der Waals surface area (Å²) < 4.78 is 4.82. The Morgan fingerprint density at radius 1 is 0.740 bits per heavy atom. The van der Waals surface area contributed by atoms with Crippen LogP contribution >= 0.6 is 0 Å². The molecule has 3 unspecified atom stereocenters. The number of carbonyl (C=O) groups is 7. The molecular weight excluding hydrogens is 648 g/mol. The van der Waals surface area contributed by atoms with Gasteiger partial charge < -0.3 is 42.2 Å². The summed E-state index contributed by atoms with van der Waals surface area (Å²) in [7, 11) is 1.23. The van der Waals surface area contributed by atoms with Gasteiger partial charge in [0.1, 0.15) is 30.2 Å². The molecule has 0 heterocycles. The first kappa shape index (κ1) is 41.8. The van der Waals surface area contributed by atoms with E-state index in [4.69, 9.17) is 15.6 Å². The number of methoxy groups -OCH3 is 1. The van der Waals surface area contributed by atoms with Crippen LogP contribution in [0.4, 0.5) is 0 Å². The van der Waals surface area contributed by atoms with Gasteiger partial charge in [0.15, 0.2) is 5.78 Å². The third kappa shape index (κ3) is 11.9. The Bertz CT molecular complexity index is 1360. The maximum Gasteiger partial charge on any atom is 0.328 e. The van der Waals surface area contributed by atoms with Crippen molar-refractivity contribution in [2.45, 2.75) is 103 Å². The highest BCUT2D eigenvalue weighted by molar-refractivity contribution is 5.98. The summed E-state index contributed by atoms with van der Waals surface area (Å²) in [4.78, 5) is 91.4. The molecule has 1 aromatic rings. The molecule has 0 aromatic heterocycles. The predicted molar refractivity (Wildman–Crippen MR) is 184 cm³/mol. The number of hydrogen-bond acceptors (Lipinski definition) is 10. The van der Waals surface area contributed by atoms with Crippen molar-refractivity contribution in [1.29, 1.82) is 0 Å². The minimum Gasteiger partial charge on any atom is -0.467 e. The van der Waals surface area contributed by atoms with E-state index in [1.165, 1.54) is 21.0 Å². The summed E-state index contributed by atoms with van der Waals surface area (Å²) in [6.45, 7) is 9.25. The van der Waals surface area contributed by atoms with Crippen molar-refractivity contribution in [3.05, 3.63) is 35.9 Å². The average Bonchev–Trinajstić information content (AvgIpc) is 3.58. The molecule has 0 spiro atoms. The first-order valence-corrected chi connectivity index (χ1v) is 17.1. The van der Waals surface area contributed by atoms with E-state index in [2.05, 4.69) is 26.6 Å². The van der Waals surface area contributed by atoms with Crippen LogP contribution in [0, 0.1) is 23.7 Å². The monoisotopic (exact) mass is 702 g/mol. The molecule has 2 rings (SSSR count). The molecule has 0 saturated heterocycles. The van der Waals surface area contributed by atoms with Gasteiger partial charge in [-0.1, -0.05) is 64.4 Å². The van der Waals surface area contributed by atoms with Crippen molar-refractivity contribution in [3.8, 4) is 0 Å². The number of hydrogen-bond donors (Lipinski definition) is 7. The van der Waals surface area contributed by atoms with Crippen molar-refractivity contribution < 1.29 is 43.4 Å². The van der Waals surface area contributed by atoms with Crippen molar-refractivity contribution >= 4 is 41.3 Å². The molecule has 8 atom stereocenters. The van der Waals surface area contributed by atoms with Crippen LogP contribution in [0.2, 0.25) is 0 Å². The zero-order chi connectivity index (χ0) is 37.7. The van der Waals surface area contributed by atoms with Gasteiger partial charge in [-0.05, 0) is 50.5 Å². The van der Waals surface area contributed by atoms with Gasteiger partial charge in [-0.2, -0.15) is 0 Å². The van der Waals surface area contributed by atoms with Crippen LogP contribution in [-0.4, -0.2) is 96.4 Å². The van der Waals surface area contributed by atoms with E-state index < -0.39 is 90.2 Å². The van der Waals surface area contributed by atoms with E-state index in [0.29, 0.717) is 19.3 Å². The number of Topliss-reactive ketones (excluding diaryl/α,β-unsaturated/α-hetero) is 1. The van der Waals surface area contributed by atoms with Gasteiger partial charge in [0.2, 0.25) is 29.5 Å². The molecule has 0 radical (unpaired) electrons. The van der Waals surface area contributed by atoms with Crippen molar-refractivity contribution in [3.63, 3.8) is 0 Å². The van der Waals surface area contributed by atoms with Crippen LogP contribution in [0.1, 0.15) is 66.4 Å². The van der Waals surface area contributed by atoms with E-state index >= 15 is 0 Å². The van der Waals surface area contributed by atoms with E-state index in [0.717, 1.165) is 5.56 Å². The van der Waals surface area contributed by atoms with Gasteiger partial charge >= 0.3 is 5.97 Å². The number of ether oxygens (including phenoxy) is 1. The van der Waals surface area contributed by atoms with Gasteiger partial charge in [-0.3, -0.25) is 28.8 Å². The lowest BCUT2D eigenvalue weighted by Crippen LogP contribution is -2.57. The molecule has 1 saturated carbocycles. The summed E-state index contributed by atoms with van der Waals surface area (Å²) in [6.07, 6.45) is 1.50. The highest BCUT2D eigenvalue weighted by Crippen LogP contribution is 2.34. The number of benzene rings is 1. The minimum absolute atomic E-state index is 0.129. The molecule has 0 aliphatic heterocycles. The molecule has 50 heavy (non-hydrogen) atoms. The zero-order valence-corrected chi connectivity index (χ0v) is 30.0. The molecule has 8 N–H and O–H groups in total. The second-order valence-corrected chi connectivity index (χ2v) is 13.5. The van der Waals surface area contributed by atoms with E-state index in [1.54, 1.807) is 39.8 Å². The van der Waals surface area contributed by atoms with Crippen LogP contribution in [0.3, 0.4) is 0 Å². The predicted octanol–water partition coefficient (Wildman–Crippen LogP) is -0.517. The number of nitrogens with one attached hydrogen (secondary N) is 5. The Balaban J connectivity index is 2.22. The highest BCUT2D eigenvalue weighted by atomic mass is 16.5. The van der Waals surface area contributed by atoms with Crippen LogP contribution in [0.5, 0.6) is 0 Å². The zero-order valence-electron chi connectivity index (χ0n) is 30.0. The van der Waals surface area contributed by atoms with E-state index in [9.17, 15) is 33.6 Å². The van der Waals surface area contributed by atoms with E-state index in [1.807, 2.05) is 18.2 Å². The number of carbonyl (C=O) groups excluding carboxylic acids is 7. The Hall–Kier alpha value is -4.37. The summed E-state index contributed by atoms with van der Waals surface area (Å²) in [5.74, 6) is -6.18. The third-order valence-corrected chi connectivity index (χ3v) is 8.86. The maximum absolute atomic E-state index is 14.2. The summed E-state index contributed by atoms with van der Waals surface area (Å²) >= 11 is 0. The van der Waals surface area contributed by atoms with Crippen molar-refractivity contribution in [2.75, 3.05) is 13.7 Å². The van der Waals surface area contributed by atoms with E-state index in [-0.39, 0.29) is 24.0 Å². The Morgan fingerprint density at radius 2 is 1.28 bits per heavy atom. The molecular formula is C35H54N6O9. The molecule has 0 bridgehead atoms. The normalized spacial score (nSPS) is 19.3. The quantitative estimate of drug-likeness (QED) is 0.0968. The lowest BCUT2D eigenvalue weighted by molar-refractivity contribution is -0.147. The molecule has 1 aromatic carbocycles. The second kappa shape index (κ2) is 19.7. The number of nitrogens with two attached hydrogens (primary N) is 1. The van der Waals surface area contributed by atoms with Crippen LogP contribution in [0.25, 0.3) is 0 Å². The molecule has 5 amide bonds. The van der Waals surface area contributed by atoms with Gasteiger partial charge in [0.05, 0.1) is 19.8 Å². The highest BCUT2D eigenvalue weighted by Gasteiger charge is 2.42. The minimum atomic E-state index is -1.21. The average molecular weight is 703 g/mol. The maximum atomic E-state index is 14.2. The second-order valence-electron chi connectivity index (χ2n) is 13.5. The smallest absolute Gasteiger partial charge is 0.328 e. The third-order valence-electron chi connectivity index (χ3n) is 8.86. The van der Waals surface area contributed by atoms with Gasteiger partial charge in [-0.25, -0.2) is 4.79 Å². The summed E-state index contributed by atoms with van der Waals surface area (Å²) in [6, 6.07) is 2.71. The summed E-state index contributed by atoms with van der Waals surface area (Å²) in [5, 5.41) is 22.2. The summed E-state index contributed by atoms with van der Waals surface area (Å²) in [5.41, 5.74) is 6.25. The SMILES string of the molecule is COC(=O)C(NC(=O)[C@H](NC(=O)[C@@H]1CCCC1C(=O)C(Cc1ccccc1)NC(=O)[C@H](C)NC(=O)[C@H](C)NC(=O)[C@@H](N)CO)C(C)C)C(C)C. The number of rotatable bonds is 18. The number of aliphatic hydroxyl groups is 1. The fraction of sp³-hybridized carbons (Fsp3) is 0.629. The molecule has 278 valence electrons. The van der Waals surface area contributed by atoms with Gasteiger partial charge in [0, 0.05) is 11.8 Å². The molecule has 15 heteroatoms. The van der Waals surface area contributed by atoms with Crippen LogP contribution in [-0.2, 0) is 44.7 Å². The first-order valence-electron chi connectivity index (χ1n) is 17.1. The fourth-order valence-corrected chi connectivity index (χ4v) is 5.78. The van der Waals surface area contributed by atoms with Gasteiger partial charge in [-0.15, -0.1) is 0 Å². The number of aliphatic hydroxyl groups excluding tert-OH is 1. The van der Waals surface area contributed by atoms with Crippen molar-refractivity contribution in [2.24, 2.45) is 29.4 Å². The Labute approximate surface area is 293 Å². The molecule has 1 fully saturated rings. The topological polar surface area (TPSA) is 235 Å². The van der Waals surface area contributed by atoms with Crippen LogP contribution in [0.15, 0.2) is 30.3 Å². The van der Waals surface area contributed by atoms with Crippen molar-refractivity contribution in [1.82, 2.24) is 26.6 Å². The molecule has 1 aliphatic carbocycles. The number of ketones is 1. The largest absolute Gasteiger partial charge is 0.467 e. The first-order chi connectivity index (χ1) is 23.5. The lowest BCUT2D eigenvalue weighted by atomic mass is 9.85. The standard InChI is InChI=1S/C35H54N6O9/c1-18(2)27(34(48)41-28(19(3)4)35(49)50-7)40-32(46)24-15-11-14-23(24)29(43)26(16-22-12-9-8-10-13-22)39-31(45)21(6)37-30(44)20(5)38-33(47)25(36)17-42/h8-10,12-13,18-21,23-28,42H,11,14-17,36H2,1-7H3,(H,37,44)(H,38,47)(H,39,45)(H,40,46)(H,41,48)/t20-,21-,23?,24+,25-,26?,27+,28?/m0/s1. The lowest BCUT2D eigenvalue weighted by Gasteiger charge is -2.29. The van der Waals surface area contributed by atoms with Gasteiger partial charge in [0.25, 0.3) is 0 Å². The molecule has 1 aliphatic rings. The Morgan fingerprint density at radius 3 is 1.82 bits per heavy atom. The number of amides is 5. The fourth-order valence-electron chi connectivity index (χ4n) is 5.78.